The normalized spacial score (nSPS) is 12.9. The van der Waals surface area contributed by atoms with E-state index >= 15 is 0 Å². The molecule has 12 heavy (non-hydrogen) atoms. The van der Waals surface area contributed by atoms with Crippen LogP contribution in [0, 0.1) is 0 Å². The standard InChI is InChI=1S/C9H18O3/c1-4-5-8(10)6-9(12-3)7-11-2/h9H,4-7H2,1-3H3. The third kappa shape index (κ3) is 5.27. The molecule has 0 saturated heterocycles. The van der Waals surface area contributed by atoms with Gasteiger partial charge in [0.1, 0.15) is 5.78 Å². The van der Waals surface area contributed by atoms with Crippen molar-refractivity contribution in [2.75, 3.05) is 20.8 Å². The van der Waals surface area contributed by atoms with Gasteiger partial charge in [-0.1, -0.05) is 6.92 Å². The highest BCUT2D eigenvalue weighted by Gasteiger charge is 2.11. The minimum atomic E-state index is -0.0750. The summed E-state index contributed by atoms with van der Waals surface area (Å²) in [5.41, 5.74) is 0. The second kappa shape index (κ2) is 7.25. The van der Waals surface area contributed by atoms with Gasteiger partial charge in [0.15, 0.2) is 0 Å². The Bertz CT molecular complexity index is 123. The van der Waals surface area contributed by atoms with Gasteiger partial charge in [-0.25, -0.2) is 0 Å². The van der Waals surface area contributed by atoms with E-state index in [0.29, 0.717) is 19.4 Å². The third-order valence-corrected chi connectivity index (χ3v) is 1.67. The molecule has 0 amide bonds. The lowest BCUT2D eigenvalue weighted by Crippen LogP contribution is -2.21. The second-order valence-corrected chi connectivity index (χ2v) is 2.81. The van der Waals surface area contributed by atoms with Gasteiger partial charge < -0.3 is 9.47 Å². The summed E-state index contributed by atoms with van der Waals surface area (Å²) in [5.74, 6) is 0.251. The minimum Gasteiger partial charge on any atom is -0.382 e. The van der Waals surface area contributed by atoms with E-state index in [0.717, 1.165) is 6.42 Å². The molecular formula is C9H18O3. The second-order valence-electron chi connectivity index (χ2n) is 2.81. The van der Waals surface area contributed by atoms with E-state index in [9.17, 15) is 4.79 Å². The molecule has 0 heterocycles. The maximum Gasteiger partial charge on any atom is 0.135 e. The Morgan fingerprint density at radius 3 is 2.50 bits per heavy atom. The smallest absolute Gasteiger partial charge is 0.135 e. The number of carbonyl (C=O) groups excluding carboxylic acids is 1. The molecule has 0 aliphatic carbocycles. The minimum absolute atomic E-state index is 0.0750. The fourth-order valence-corrected chi connectivity index (χ4v) is 1.03. The van der Waals surface area contributed by atoms with Crippen LogP contribution in [0.2, 0.25) is 0 Å². The van der Waals surface area contributed by atoms with Gasteiger partial charge in [0.2, 0.25) is 0 Å². The first-order valence-electron chi connectivity index (χ1n) is 4.28. The first-order valence-corrected chi connectivity index (χ1v) is 4.28. The summed E-state index contributed by atoms with van der Waals surface area (Å²) < 4.78 is 9.96. The average molecular weight is 174 g/mol. The van der Waals surface area contributed by atoms with Crippen LogP contribution in [0.1, 0.15) is 26.2 Å². The fraction of sp³-hybridized carbons (Fsp3) is 0.889. The van der Waals surface area contributed by atoms with Crippen LogP contribution >= 0.6 is 0 Å². The Morgan fingerprint density at radius 2 is 2.08 bits per heavy atom. The van der Waals surface area contributed by atoms with Crippen molar-refractivity contribution in [1.29, 1.82) is 0 Å². The SMILES string of the molecule is CCCC(=O)CC(COC)OC. The van der Waals surface area contributed by atoms with E-state index in [1.807, 2.05) is 6.92 Å². The molecule has 1 unspecified atom stereocenters. The first kappa shape index (κ1) is 11.6. The van der Waals surface area contributed by atoms with Crippen molar-refractivity contribution in [2.45, 2.75) is 32.3 Å². The number of ether oxygens (including phenoxy) is 2. The summed E-state index contributed by atoms with van der Waals surface area (Å²) in [4.78, 5) is 11.2. The molecule has 0 radical (unpaired) electrons. The van der Waals surface area contributed by atoms with Gasteiger partial charge in [-0.15, -0.1) is 0 Å². The molecule has 0 aromatic heterocycles. The summed E-state index contributed by atoms with van der Waals surface area (Å²) in [6, 6.07) is 0. The third-order valence-electron chi connectivity index (χ3n) is 1.67. The predicted molar refractivity (Wildman–Crippen MR) is 47.2 cm³/mol. The lowest BCUT2D eigenvalue weighted by molar-refractivity contribution is -0.122. The number of methoxy groups -OCH3 is 2. The van der Waals surface area contributed by atoms with E-state index < -0.39 is 0 Å². The molecule has 0 aromatic rings. The Labute approximate surface area is 74.0 Å². The van der Waals surface area contributed by atoms with Crippen LogP contribution in [0.3, 0.4) is 0 Å². The molecular weight excluding hydrogens is 156 g/mol. The molecule has 0 bridgehead atoms. The van der Waals surface area contributed by atoms with Gasteiger partial charge in [-0.3, -0.25) is 4.79 Å². The molecule has 3 heteroatoms. The van der Waals surface area contributed by atoms with E-state index in [2.05, 4.69) is 0 Å². The Morgan fingerprint density at radius 1 is 1.42 bits per heavy atom. The van der Waals surface area contributed by atoms with Crippen molar-refractivity contribution in [3.8, 4) is 0 Å². The molecule has 1 atom stereocenters. The van der Waals surface area contributed by atoms with Crippen LogP contribution in [-0.2, 0) is 14.3 Å². The summed E-state index contributed by atoms with van der Waals surface area (Å²) >= 11 is 0. The molecule has 0 aliphatic rings. The average Bonchev–Trinajstić information content (AvgIpc) is 2.04. The highest BCUT2D eigenvalue weighted by molar-refractivity contribution is 5.78. The highest BCUT2D eigenvalue weighted by Crippen LogP contribution is 2.02. The lowest BCUT2D eigenvalue weighted by atomic mass is 10.1. The van der Waals surface area contributed by atoms with Gasteiger partial charge >= 0.3 is 0 Å². The molecule has 0 N–H and O–H groups in total. The van der Waals surface area contributed by atoms with Crippen LogP contribution in [0.5, 0.6) is 0 Å². The lowest BCUT2D eigenvalue weighted by Gasteiger charge is -2.12. The van der Waals surface area contributed by atoms with Crippen molar-refractivity contribution < 1.29 is 14.3 Å². The predicted octanol–water partition coefficient (Wildman–Crippen LogP) is 1.41. The Kier molecular flexibility index (Phi) is 7.00. The molecule has 0 aromatic carbocycles. The van der Waals surface area contributed by atoms with Crippen molar-refractivity contribution in [3.63, 3.8) is 0 Å². The van der Waals surface area contributed by atoms with Gasteiger partial charge in [0.25, 0.3) is 0 Å². The quantitative estimate of drug-likeness (QED) is 0.585. The number of rotatable bonds is 7. The summed E-state index contributed by atoms with van der Waals surface area (Å²) in [5, 5.41) is 0. The Hall–Kier alpha value is -0.410. The number of carbonyl (C=O) groups is 1. The highest BCUT2D eigenvalue weighted by atomic mass is 16.5. The number of ketones is 1. The van der Waals surface area contributed by atoms with E-state index in [1.165, 1.54) is 0 Å². The first-order chi connectivity index (χ1) is 5.74. The zero-order valence-electron chi connectivity index (χ0n) is 8.13. The molecule has 3 nitrogen and oxygen atoms in total. The zero-order valence-corrected chi connectivity index (χ0v) is 8.13. The molecule has 0 fully saturated rings. The maximum absolute atomic E-state index is 11.2. The van der Waals surface area contributed by atoms with E-state index in [4.69, 9.17) is 9.47 Å². The summed E-state index contributed by atoms with van der Waals surface area (Å²) in [7, 11) is 3.21. The Balaban J connectivity index is 3.61. The molecule has 0 spiro atoms. The number of hydrogen-bond acceptors (Lipinski definition) is 3. The van der Waals surface area contributed by atoms with Crippen LogP contribution in [0.15, 0.2) is 0 Å². The number of Topliss-reactive ketones (excluding diaryl/α,β-unsaturated/α-hetero) is 1. The van der Waals surface area contributed by atoms with Crippen molar-refractivity contribution in [3.05, 3.63) is 0 Å². The van der Waals surface area contributed by atoms with Crippen molar-refractivity contribution >= 4 is 5.78 Å². The van der Waals surface area contributed by atoms with Gasteiger partial charge in [-0.05, 0) is 6.42 Å². The zero-order chi connectivity index (χ0) is 9.40. The van der Waals surface area contributed by atoms with Gasteiger partial charge in [0, 0.05) is 27.1 Å². The van der Waals surface area contributed by atoms with Crippen LogP contribution < -0.4 is 0 Å². The largest absolute Gasteiger partial charge is 0.382 e. The van der Waals surface area contributed by atoms with Crippen LogP contribution in [-0.4, -0.2) is 32.7 Å². The summed E-state index contributed by atoms with van der Waals surface area (Å²) in [6.07, 6.45) is 1.94. The molecule has 72 valence electrons. The molecule has 0 rings (SSSR count). The topological polar surface area (TPSA) is 35.5 Å². The van der Waals surface area contributed by atoms with Crippen molar-refractivity contribution in [1.82, 2.24) is 0 Å². The van der Waals surface area contributed by atoms with E-state index in [-0.39, 0.29) is 11.9 Å². The van der Waals surface area contributed by atoms with Gasteiger partial charge in [0.05, 0.1) is 12.7 Å². The summed E-state index contributed by atoms with van der Waals surface area (Å²) in [6.45, 7) is 2.49. The molecule has 0 aliphatic heterocycles. The maximum atomic E-state index is 11.2. The molecule has 0 saturated carbocycles. The monoisotopic (exact) mass is 174 g/mol. The van der Waals surface area contributed by atoms with Crippen LogP contribution in [0.4, 0.5) is 0 Å². The van der Waals surface area contributed by atoms with E-state index in [1.54, 1.807) is 14.2 Å². The van der Waals surface area contributed by atoms with Crippen LogP contribution in [0.25, 0.3) is 0 Å². The van der Waals surface area contributed by atoms with Gasteiger partial charge in [-0.2, -0.15) is 0 Å². The van der Waals surface area contributed by atoms with Crippen molar-refractivity contribution in [2.24, 2.45) is 0 Å². The fourth-order valence-electron chi connectivity index (χ4n) is 1.03. The number of hydrogen-bond donors (Lipinski definition) is 0.